The Balaban J connectivity index is 1.50. The van der Waals surface area contributed by atoms with Crippen molar-refractivity contribution in [2.24, 2.45) is 0 Å². The van der Waals surface area contributed by atoms with Crippen molar-refractivity contribution in [1.82, 2.24) is 15.1 Å². The third kappa shape index (κ3) is 4.46. The van der Waals surface area contributed by atoms with Gasteiger partial charge in [-0.3, -0.25) is 19.3 Å². The van der Waals surface area contributed by atoms with Gasteiger partial charge in [0.2, 0.25) is 5.91 Å². The summed E-state index contributed by atoms with van der Waals surface area (Å²) in [7, 11) is 3.97. The number of carbonyl (C=O) groups is 3. The Hall–Kier alpha value is -2.99. The summed E-state index contributed by atoms with van der Waals surface area (Å²) in [5.74, 6) is -0.830. The largest absolute Gasteiger partial charge is 0.354 e. The van der Waals surface area contributed by atoms with Crippen LogP contribution in [0.3, 0.4) is 0 Å². The summed E-state index contributed by atoms with van der Waals surface area (Å²) in [5.41, 5.74) is 2.02. The standard InChI is InChI=1S/C22H25N3O3/c1-24(2)17(14-16-8-4-3-5-9-16)15-23-20(26)12-13-25-21(27)18-10-6-7-11-19(18)22(25)28/h3-11,17H,12-15H2,1-2H3,(H,23,26). The minimum atomic E-state index is -0.330. The summed E-state index contributed by atoms with van der Waals surface area (Å²) in [6.07, 6.45) is 0.920. The Morgan fingerprint density at radius 2 is 1.54 bits per heavy atom. The molecule has 1 aliphatic rings. The number of benzene rings is 2. The fourth-order valence-electron chi connectivity index (χ4n) is 3.30. The van der Waals surface area contributed by atoms with Gasteiger partial charge in [0.1, 0.15) is 0 Å². The van der Waals surface area contributed by atoms with E-state index >= 15 is 0 Å². The van der Waals surface area contributed by atoms with Gasteiger partial charge in [-0.1, -0.05) is 42.5 Å². The topological polar surface area (TPSA) is 69.7 Å². The summed E-state index contributed by atoms with van der Waals surface area (Å²) in [6.45, 7) is 0.590. The molecule has 1 heterocycles. The quantitative estimate of drug-likeness (QED) is 0.712. The van der Waals surface area contributed by atoms with Crippen molar-refractivity contribution >= 4 is 17.7 Å². The van der Waals surface area contributed by atoms with E-state index in [9.17, 15) is 14.4 Å². The first-order chi connectivity index (χ1) is 13.5. The lowest BCUT2D eigenvalue weighted by Gasteiger charge is -2.25. The maximum atomic E-state index is 12.3. The van der Waals surface area contributed by atoms with E-state index in [1.54, 1.807) is 24.3 Å². The predicted octanol–water partition coefficient (Wildman–Crippen LogP) is 1.96. The zero-order valence-corrected chi connectivity index (χ0v) is 16.2. The molecule has 146 valence electrons. The van der Waals surface area contributed by atoms with Gasteiger partial charge in [0.05, 0.1) is 11.1 Å². The molecule has 6 nitrogen and oxygen atoms in total. The van der Waals surface area contributed by atoms with Gasteiger partial charge in [0.15, 0.2) is 0 Å². The molecule has 2 aromatic rings. The fraction of sp³-hybridized carbons (Fsp3) is 0.318. The Morgan fingerprint density at radius 1 is 0.964 bits per heavy atom. The number of hydrogen-bond acceptors (Lipinski definition) is 4. The van der Waals surface area contributed by atoms with Gasteiger partial charge >= 0.3 is 0 Å². The Morgan fingerprint density at radius 3 is 2.11 bits per heavy atom. The maximum Gasteiger partial charge on any atom is 0.261 e. The molecule has 0 radical (unpaired) electrons. The lowest BCUT2D eigenvalue weighted by Crippen LogP contribution is -2.42. The van der Waals surface area contributed by atoms with Crippen molar-refractivity contribution < 1.29 is 14.4 Å². The van der Waals surface area contributed by atoms with Gasteiger partial charge in [-0.2, -0.15) is 0 Å². The Kier molecular flexibility index (Phi) is 6.21. The molecule has 0 aliphatic carbocycles. The van der Waals surface area contributed by atoms with Crippen molar-refractivity contribution in [3.05, 3.63) is 71.3 Å². The van der Waals surface area contributed by atoms with E-state index < -0.39 is 0 Å². The van der Waals surface area contributed by atoms with Crippen LogP contribution in [0.15, 0.2) is 54.6 Å². The Bertz CT molecular complexity index is 829. The molecule has 0 saturated heterocycles. The van der Waals surface area contributed by atoms with Crippen LogP contribution in [-0.4, -0.2) is 60.7 Å². The van der Waals surface area contributed by atoms with E-state index in [2.05, 4.69) is 22.3 Å². The molecule has 1 atom stereocenters. The highest BCUT2D eigenvalue weighted by molar-refractivity contribution is 6.21. The highest BCUT2D eigenvalue weighted by atomic mass is 16.2. The molecule has 0 aromatic heterocycles. The molecule has 3 amide bonds. The molecule has 1 unspecified atom stereocenters. The minimum absolute atomic E-state index is 0.0868. The normalized spacial score (nSPS) is 14.3. The maximum absolute atomic E-state index is 12.3. The Labute approximate surface area is 165 Å². The molecule has 0 fully saturated rings. The molecular weight excluding hydrogens is 354 g/mol. The van der Waals surface area contributed by atoms with Crippen LogP contribution in [0.5, 0.6) is 0 Å². The number of rotatable bonds is 8. The third-order valence-electron chi connectivity index (χ3n) is 5.02. The predicted molar refractivity (Wildman–Crippen MR) is 107 cm³/mol. The van der Waals surface area contributed by atoms with Gasteiger partial charge in [-0.15, -0.1) is 0 Å². The highest BCUT2D eigenvalue weighted by Crippen LogP contribution is 2.22. The van der Waals surface area contributed by atoms with E-state index in [-0.39, 0.29) is 36.7 Å². The average molecular weight is 379 g/mol. The summed E-state index contributed by atoms with van der Waals surface area (Å²) < 4.78 is 0. The molecule has 1 N–H and O–H groups in total. The molecule has 0 bridgehead atoms. The van der Waals surface area contributed by atoms with Crippen molar-refractivity contribution in [3.8, 4) is 0 Å². The van der Waals surface area contributed by atoms with Crippen LogP contribution in [0.1, 0.15) is 32.7 Å². The molecule has 28 heavy (non-hydrogen) atoms. The van der Waals surface area contributed by atoms with Crippen LogP contribution >= 0.6 is 0 Å². The van der Waals surface area contributed by atoms with Crippen molar-refractivity contribution in [3.63, 3.8) is 0 Å². The molecule has 3 rings (SSSR count). The minimum Gasteiger partial charge on any atom is -0.354 e. The second-order valence-corrected chi connectivity index (χ2v) is 7.17. The van der Waals surface area contributed by atoms with Crippen LogP contribution in [0.25, 0.3) is 0 Å². The summed E-state index contributed by atoms with van der Waals surface area (Å²) in [6, 6.07) is 17.0. The van der Waals surface area contributed by atoms with Gasteiger partial charge in [0.25, 0.3) is 11.8 Å². The number of likely N-dealkylation sites (N-methyl/N-ethyl adjacent to an activating group) is 1. The molecule has 1 aliphatic heterocycles. The molecule has 2 aromatic carbocycles. The summed E-state index contributed by atoms with van der Waals surface area (Å²) in [5, 5.41) is 2.93. The molecule has 0 spiro atoms. The number of hydrogen-bond donors (Lipinski definition) is 1. The number of nitrogens with zero attached hydrogens (tertiary/aromatic N) is 2. The van der Waals surface area contributed by atoms with Crippen molar-refractivity contribution in [2.45, 2.75) is 18.9 Å². The fourth-order valence-corrected chi connectivity index (χ4v) is 3.30. The van der Waals surface area contributed by atoms with Crippen molar-refractivity contribution in [1.29, 1.82) is 0 Å². The second-order valence-electron chi connectivity index (χ2n) is 7.17. The number of amides is 3. The first-order valence-electron chi connectivity index (χ1n) is 9.39. The zero-order valence-electron chi connectivity index (χ0n) is 16.2. The van der Waals surface area contributed by atoms with E-state index in [0.29, 0.717) is 17.7 Å². The van der Waals surface area contributed by atoms with Gasteiger partial charge < -0.3 is 10.2 Å². The summed E-state index contributed by atoms with van der Waals surface area (Å²) in [4.78, 5) is 40.2. The van der Waals surface area contributed by atoms with Gasteiger partial charge in [-0.25, -0.2) is 0 Å². The number of nitrogens with one attached hydrogen (secondary N) is 1. The average Bonchev–Trinajstić information content (AvgIpc) is 2.94. The smallest absolute Gasteiger partial charge is 0.261 e. The second kappa shape index (κ2) is 8.80. The highest BCUT2D eigenvalue weighted by Gasteiger charge is 2.34. The zero-order chi connectivity index (χ0) is 20.1. The molecular formula is C22H25N3O3. The van der Waals surface area contributed by atoms with Gasteiger partial charge in [0, 0.05) is 25.6 Å². The monoisotopic (exact) mass is 379 g/mol. The van der Waals surface area contributed by atoms with E-state index in [0.717, 1.165) is 11.3 Å². The van der Waals surface area contributed by atoms with E-state index in [1.807, 2.05) is 32.3 Å². The SMILES string of the molecule is CN(C)C(CNC(=O)CCN1C(=O)c2ccccc2C1=O)Cc1ccccc1. The first kappa shape index (κ1) is 19.8. The number of imide groups is 1. The summed E-state index contributed by atoms with van der Waals surface area (Å²) >= 11 is 0. The van der Waals surface area contributed by atoms with Crippen LogP contribution in [0.4, 0.5) is 0 Å². The molecule has 0 saturated carbocycles. The lowest BCUT2D eigenvalue weighted by atomic mass is 10.1. The van der Waals surface area contributed by atoms with Crippen LogP contribution in [0.2, 0.25) is 0 Å². The van der Waals surface area contributed by atoms with E-state index in [4.69, 9.17) is 0 Å². The van der Waals surface area contributed by atoms with Crippen LogP contribution in [-0.2, 0) is 11.2 Å². The number of carbonyl (C=O) groups excluding carboxylic acids is 3. The van der Waals surface area contributed by atoms with Gasteiger partial charge in [-0.05, 0) is 38.2 Å². The first-order valence-corrected chi connectivity index (χ1v) is 9.39. The third-order valence-corrected chi connectivity index (χ3v) is 5.02. The molecule has 6 heteroatoms. The van der Waals surface area contributed by atoms with Crippen molar-refractivity contribution in [2.75, 3.05) is 27.2 Å². The number of fused-ring (bicyclic) bond motifs is 1. The van der Waals surface area contributed by atoms with Crippen LogP contribution in [0, 0.1) is 0 Å². The lowest BCUT2D eigenvalue weighted by molar-refractivity contribution is -0.121. The van der Waals surface area contributed by atoms with Crippen LogP contribution < -0.4 is 5.32 Å². The van der Waals surface area contributed by atoms with E-state index in [1.165, 1.54) is 5.56 Å².